The summed E-state index contributed by atoms with van der Waals surface area (Å²) in [5.41, 5.74) is 2.16. The van der Waals surface area contributed by atoms with Gasteiger partial charge in [-0.05, 0) is 39.7 Å². The van der Waals surface area contributed by atoms with Crippen LogP contribution < -0.4 is 4.74 Å². The van der Waals surface area contributed by atoms with Crippen molar-refractivity contribution in [3.8, 4) is 5.75 Å². The van der Waals surface area contributed by atoms with Crippen LogP contribution in [-0.4, -0.2) is 34.2 Å². The number of halogens is 2. The Bertz CT molecular complexity index is 913. The first-order valence-corrected chi connectivity index (χ1v) is 9.97. The number of carbonyl (C=O) groups excluding carboxylic acids is 1. The molecule has 0 aliphatic rings. The molecule has 0 aliphatic heterocycles. The lowest BCUT2D eigenvalue weighted by atomic mass is 10.2. The van der Waals surface area contributed by atoms with Crippen LogP contribution in [0.15, 0.2) is 69.9 Å². The summed E-state index contributed by atoms with van der Waals surface area (Å²) in [5, 5.41) is 4.37. The van der Waals surface area contributed by atoms with Crippen molar-refractivity contribution in [3.63, 3.8) is 0 Å². The van der Waals surface area contributed by atoms with E-state index < -0.39 is 0 Å². The van der Waals surface area contributed by atoms with Gasteiger partial charge in [-0.2, -0.15) is 5.10 Å². The molecule has 0 unspecified atom stereocenters. The molecule has 0 saturated carbocycles. The summed E-state index contributed by atoms with van der Waals surface area (Å²) in [6, 6.07) is 15.7. The van der Waals surface area contributed by atoms with Gasteiger partial charge < -0.3 is 9.64 Å². The van der Waals surface area contributed by atoms with Crippen molar-refractivity contribution < 1.29 is 9.53 Å². The number of ether oxygens (including phenoxy) is 1. The molecule has 0 saturated heterocycles. The Kier molecular flexibility index (Phi) is 6.68. The van der Waals surface area contributed by atoms with E-state index in [4.69, 9.17) is 4.74 Å². The van der Waals surface area contributed by atoms with Gasteiger partial charge in [0.1, 0.15) is 5.75 Å². The molecule has 0 N–H and O–H groups in total. The second kappa shape index (κ2) is 9.19. The van der Waals surface area contributed by atoms with Crippen molar-refractivity contribution in [2.45, 2.75) is 13.1 Å². The smallest absolute Gasteiger partial charge is 0.260 e. The summed E-state index contributed by atoms with van der Waals surface area (Å²) >= 11 is 6.82. The van der Waals surface area contributed by atoms with E-state index in [0.29, 0.717) is 18.8 Å². The number of likely N-dealkylation sites (N-methyl/N-ethyl adjacent to an activating group) is 1. The largest absolute Gasteiger partial charge is 0.483 e. The minimum Gasteiger partial charge on any atom is -0.483 e. The van der Waals surface area contributed by atoms with Gasteiger partial charge in [0.05, 0.1) is 17.2 Å². The third kappa shape index (κ3) is 5.68. The first-order valence-electron chi connectivity index (χ1n) is 8.38. The Labute approximate surface area is 175 Å². The van der Waals surface area contributed by atoms with Crippen molar-refractivity contribution in [1.82, 2.24) is 14.7 Å². The predicted molar refractivity (Wildman–Crippen MR) is 112 cm³/mol. The van der Waals surface area contributed by atoms with Crippen LogP contribution >= 0.6 is 31.9 Å². The highest BCUT2D eigenvalue weighted by Gasteiger charge is 2.12. The van der Waals surface area contributed by atoms with Gasteiger partial charge in [-0.25, -0.2) is 0 Å². The normalized spacial score (nSPS) is 10.6. The average molecular weight is 493 g/mol. The lowest BCUT2D eigenvalue weighted by molar-refractivity contribution is -0.132. The van der Waals surface area contributed by atoms with Crippen LogP contribution in [0, 0.1) is 0 Å². The third-order valence-corrected chi connectivity index (χ3v) is 5.08. The first-order chi connectivity index (χ1) is 13.0. The Morgan fingerprint density at radius 1 is 1.15 bits per heavy atom. The maximum absolute atomic E-state index is 12.3. The number of nitrogens with zero attached hydrogens (tertiary/aromatic N) is 3. The third-order valence-electron chi connectivity index (χ3n) is 3.96. The van der Waals surface area contributed by atoms with E-state index in [9.17, 15) is 4.79 Å². The van der Waals surface area contributed by atoms with Gasteiger partial charge in [0.25, 0.3) is 5.91 Å². The van der Waals surface area contributed by atoms with E-state index in [1.165, 1.54) is 5.56 Å². The fourth-order valence-corrected chi connectivity index (χ4v) is 3.71. The molecule has 1 aromatic heterocycles. The van der Waals surface area contributed by atoms with Gasteiger partial charge in [0.2, 0.25) is 0 Å². The molecule has 0 spiro atoms. The molecule has 5 nitrogen and oxygen atoms in total. The zero-order valence-corrected chi connectivity index (χ0v) is 18.0. The van der Waals surface area contributed by atoms with E-state index in [1.807, 2.05) is 47.3 Å². The van der Waals surface area contributed by atoms with Crippen LogP contribution in [0.3, 0.4) is 0 Å². The van der Waals surface area contributed by atoms with Crippen LogP contribution in [0.25, 0.3) is 0 Å². The second-order valence-electron chi connectivity index (χ2n) is 6.14. The number of hydrogen-bond acceptors (Lipinski definition) is 3. The van der Waals surface area contributed by atoms with Gasteiger partial charge in [-0.15, -0.1) is 0 Å². The summed E-state index contributed by atoms with van der Waals surface area (Å²) < 4.78 is 9.23. The molecule has 1 heterocycles. The number of aromatic nitrogens is 2. The SMILES string of the molecule is CN(Cc1cnn(Cc2ccccc2)c1)C(=O)COc1ccc(Br)cc1Br. The first kappa shape index (κ1) is 19.6. The van der Waals surface area contributed by atoms with E-state index in [-0.39, 0.29) is 12.5 Å². The van der Waals surface area contributed by atoms with Gasteiger partial charge in [-0.1, -0.05) is 46.3 Å². The maximum Gasteiger partial charge on any atom is 0.260 e. The minimum absolute atomic E-state index is 0.0190. The zero-order valence-electron chi connectivity index (χ0n) is 14.8. The minimum atomic E-state index is -0.0966. The summed E-state index contributed by atoms with van der Waals surface area (Å²) in [6.45, 7) is 1.17. The Morgan fingerprint density at radius 3 is 2.67 bits per heavy atom. The lowest BCUT2D eigenvalue weighted by Gasteiger charge is -2.17. The van der Waals surface area contributed by atoms with Crippen molar-refractivity contribution in [1.29, 1.82) is 0 Å². The van der Waals surface area contributed by atoms with Crippen molar-refractivity contribution in [3.05, 3.63) is 81.0 Å². The highest BCUT2D eigenvalue weighted by atomic mass is 79.9. The van der Waals surface area contributed by atoms with E-state index >= 15 is 0 Å². The van der Waals surface area contributed by atoms with Crippen molar-refractivity contribution in [2.24, 2.45) is 0 Å². The quantitative estimate of drug-likeness (QED) is 0.488. The number of amides is 1. The molecule has 0 fully saturated rings. The summed E-state index contributed by atoms with van der Waals surface area (Å²) in [6.07, 6.45) is 3.75. The molecule has 0 atom stereocenters. The number of hydrogen-bond donors (Lipinski definition) is 0. The second-order valence-corrected chi connectivity index (χ2v) is 7.91. The van der Waals surface area contributed by atoms with Gasteiger partial charge in [0.15, 0.2) is 6.61 Å². The van der Waals surface area contributed by atoms with Crippen LogP contribution in [0.5, 0.6) is 5.75 Å². The van der Waals surface area contributed by atoms with Gasteiger partial charge in [0, 0.05) is 29.8 Å². The molecule has 0 aliphatic carbocycles. The van der Waals surface area contributed by atoms with Crippen LogP contribution in [0.1, 0.15) is 11.1 Å². The van der Waals surface area contributed by atoms with Crippen molar-refractivity contribution >= 4 is 37.8 Å². The molecule has 27 heavy (non-hydrogen) atoms. The standard InChI is InChI=1S/C20H19Br2N3O2/c1-24(20(26)14-27-19-8-7-17(21)9-18(19)22)11-16-10-23-25(13-16)12-15-5-3-2-4-6-15/h2-10,13H,11-12,14H2,1H3. The number of rotatable bonds is 7. The van der Waals surface area contributed by atoms with Crippen molar-refractivity contribution in [2.75, 3.05) is 13.7 Å². The highest BCUT2D eigenvalue weighted by molar-refractivity contribution is 9.11. The fraction of sp³-hybridized carbons (Fsp3) is 0.200. The number of carbonyl (C=O) groups is 1. The molecule has 7 heteroatoms. The Hall–Kier alpha value is -2.12. The molecule has 0 radical (unpaired) electrons. The van der Waals surface area contributed by atoms with Crippen LogP contribution in [-0.2, 0) is 17.9 Å². The predicted octanol–water partition coefficient (Wildman–Crippen LogP) is 4.49. The van der Waals surface area contributed by atoms with Crippen LogP contribution in [0.4, 0.5) is 0 Å². The van der Waals surface area contributed by atoms with Crippen LogP contribution in [0.2, 0.25) is 0 Å². The molecule has 0 bridgehead atoms. The monoisotopic (exact) mass is 491 g/mol. The topological polar surface area (TPSA) is 47.4 Å². The average Bonchev–Trinajstić information content (AvgIpc) is 3.08. The molecular weight excluding hydrogens is 474 g/mol. The Morgan fingerprint density at radius 2 is 1.93 bits per heavy atom. The summed E-state index contributed by atoms with van der Waals surface area (Å²) in [7, 11) is 1.76. The molecular formula is C20H19Br2N3O2. The van der Waals surface area contributed by atoms with E-state index in [0.717, 1.165) is 14.5 Å². The van der Waals surface area contributed by atoms with Gasteiger partial charge >= 0.3 is 0 Å². The zero-order chi connectivity index (χ0) is 19.2. The fourth-order valence-electron chi connectivity index (χ4n) is 2.55. The van der Waals surface area contributed by atoms with E-state index in [2.05, 4.69) is 49.1 Å². The number of benzene rings is 2. The van der Waals surface area contributed by atoms with Gasteiger partial charge in [-0.3, -0.25) is 9.48 Å². The summed E-state index contributed by atoms with van der Waals surface area (Å²) in [4.78, 5) is 14.0. The Balaban J connectivity index is 1.52. The summed E-state index contributed by atoms with van der Waals surface area (Å²) in [5.74, 6) is 0.538. The molecule has 3 aromatic rings. The van der Waals surface area contributed by atoms with E-state index in [1.54, 1.807) is 18.1 Å². The molecule has 2 aromatic carbocycles. The molecule has 1 amide bonds. The highest BCUT2D eigenvalue weighted by Crippen LogP contribution is 2.28. The lowest BCUT2D eigenvalue weighted by Crippen LogP contribution is -2.30. The maximum atomic E-state index is 12.3. The molecule has 140 valence electrons. The molecule has 3 rings (SSSR count).